The number of nitrogens with zero attached hydrogens (tertiary/aromatic N) is 1. The fourth-order valence-electron chi connectivity index (χ4n) is 2.64. The molecule has 0 unspecified atom stereocenters. The van der Waals surface area contributed by atoms with Crippen LogP contribution in [0.3, 0.4) is 0 Å². The molecule has 2 rings (SSSR count). The van der Waals surface area contributed by atoms with E-state index in [9.17, 15) is 14.0 Å². The van der Waals surface area contributed by atoms with Crippen molar-refractivity contribution >= 4 is 11.8 Å². The molecule has 6 nitrogen and oxygen atoms in total. The molecular weight excluding hydrogens is 313 g/mol. The molecule has 7 heteroatoms. The Bertz CT molecular complexity index is 569. The second-order valence-corrected chi connectivity index (χ2v) is 6.51. The average molecular weight is 337 g/mol. The standard InChI is InChI=1S/C17H24FN3O3/c1-17(2,12-21-7-9-24-10-8-21)20-15(22)11-19-16(23)13-3-5-14(18)6-4-13/h3-6H,7-12H2,1-2H3,(H,19,23)(H,20,22). The van der Waals surface area contributed by atoms with Gasteiger partial charge in [-0.1, -0.05) is 0 Å². The molecule has 1 aliphatic rings. The van der Waals surface area contributed by atoms with Crippen molar-refractivity contribution in [2.45, 2.75) is 19.4 Å². The Hall–Kier alpha value is -1.99. The minimum atomic E-state index is -0.408. The molecular formula is C17H24FN3O3. The number of benzene rings is 1. The van der Waals surface area contributed by atoms with Crippen molar-refractivity contribution in [3.8, 4) is 0 Å². The predicted octanol–water partition coefficient (Wildman–Crippen LogP) is 0.782. The van der Waals surface area contributed by atoms with Crippen LogP contribution in [0.15, 0.2) is 24.3 Å². The molecule has 1 aliphatic heterocycles. The zero-order chi connectivity index (χ0) is 17.6. The lowest BCUT2D eigenvalue weighted by atomic mass is 10.0. The SMILES string of the molecule is CC(C)(CN1CCOCC1)NC(=O)CNC(=O)c1ccc(F)cc1. The van der Waals surface area contributed by atoms with Gasteiger partial charge in [-0.3, -0.25) is 14.5 Å². The zero-order valence-electron chi connectivity index (χ0n) is 14.1. The van der Waals surface area contributed by atoms with E-state index < -0.39 is 17.3 Å². The number of morpholine rings is 1. The summed E-state index contributed by atoms with van der Waals surface area (Å²) in [4.78, 5) is 26.2. The molecule has 1 aromatic carbocycles. The van der Waals surface area contributed by atoms with Crippen LogP contribution in [0.1, 0.15) is 24.2 Å². The first-order valence-corrected chi connectivity index (χ1v) is 8.01. The Morgan fingerprint density at radius 1 is 1.21 bits per heavy atom. The highest BCUT2D eigenvalue weighted by Crippen LogP contribution is 2.08. The van der Waals surface area contributed by atoms with E-state index in [2.05, 4.69) is 15.5 Å². The van der Waals surface area contributed by atoms with Gasteiger partial charge < -0.3 is 15.4 Å². The zero-order valence-corrected chi connectivity index (χ0v) is 14.1. The first-order valence-electron chi connectivity index (χ1n) is 8.01. The van der Waals surface area contributed by atoms with Crippen LogP contribution in [0.4, 0.5) is 4.39 Å². The second kappa shape index (κ2) is 8.21. The number of carbonyl (C=O) groups is 2. The second-order valence-electron chi connectivity index (χ2n) is 6.51. The van der Waals surface area contributed by atoms with Crippen molar-refractivity contribution in [2.24, 2.45) is 0 Å². The molecule has 1 heterocycles. The Kier molecular flexibility index (Phi) is 6.28. The van der Waals surface area contributed by atoms with E-state index in [1.165, 1.54) is 24.3 Å². The van der Waals surface area contributed by atoms with Gasteiger partial charge in [-0.05, 0) is 38.1 Å². The van der Waals surface area contributed by atoms with Crippen molar-refractivity contribution < 1.29 is 18.7 Å². The molecule has 0 aliphatic carbocycles. The van der Waals surface area contributed by atoms with E-state index in [1.807, 2.05) is 13.8 Å². The molecule has 24 heavy (non-hydrogen) atoms. The molecule has 0 atom stereocenters. The lowest BCUT2D eigenvalue weighted by molar-refractivity contribution is -0.122. The maximum Gasteiger partial charge on any atom is 0.251 e. The van der Waals surface area contributed by atoms with Gasteiger partial charge in [0.05, 0.1) is 19.8 Å². The lowest BCUT2D eigenvalue weighted by Crippen LogP contribution is -2.55. The fourth-order valence-corrected chi connectivity index (χ4v) is 2.64. The summed E-state index contributed by atoms with van der Waals surface area (Å²) in [7, 11) is 0. The van der Waals surface area contributed by atoms with Crippen molar-refractivity contribution in [1.29, 1.82) is 0 Å². The molecule has 0 radical (unpaired) electrons. The summed E-state index contributed by atoms with van der Waals surface area (Å²) in [5, 5.41) is 5.46. The predicted molar refractivity (Wildman–Crippen MR) is 88.2 cm³/mol. The number of rotatable bonds is 6. The summed E-state index contributed by atoms with van der Waals surface area (Å²) in [5.41, 5.74) is -0.0913. The molecule has 2 N–H and O–H groups in total. The molecule has 132 valence electrons. The first kappa shape index (κ1) is 18.4. The van der Waals surface area contributed by atoms with Gasteiger partial charge in [0.15, 0.2) is 0 Å². The van der Waals surface area contributed by atoms with E-state index in [1.54, 1.807) is 0 Å². The minimum Gasteiger partial charge on any atom is -0.379 e. The van der Waals surface area contributed by atoms with Crippen molar-refractivity contribution in [3.63, 3.8) is 0 Å². The van der Waals surface area contributed by atoms with Crippen LogP contribution in [-0.4, -0.2) is 61.6 Å². The fraction of sp³-hybridized carbons (Fsp3) is 0.529. The first-order chi connectivity index (χ1) is 11.4. The molecule has 1 saturated heterocycles. The Morgan fingerprint density at radius 2 is 1.83 bits per heavy atom. The van der Waals surface area contributed by atoms with Crippen LogP contribution < -0.4 is 10.6 Å². The van der Waals surface area contributed by atoms with E-state index in [0.717, 1.165) is 13.1 Å². The largest absolute Gasteiger partial charge is 0.379 e. The van der Waals surface area contributed by atoms with Gasteiger partial charge in [0, 0.05) is 30.7 Å². The van der Waals surface area contributed by atoms with Gasteiger partial charge in [-0.2, -0.15) is 0 Å². The average Bonchev–Trinajstić information content (AvgIpc) is 2.53. The Morgan fingerprint density at radius 3 is 2.46 bits per heavy atom. The summed E-state index contributed by atoms with van der Waals surface area (Å²) in [6.45, 7) is 7.60. The highest BCUT2D eigenvalue weighted by molar-refractivity contribution is 5.96. The minimum absolute atomic E-state index is 0.122. The van der Waals surface area contributed by atoms with Gasteiger partial charge in [0.2, 0.25) is 5.91 Å². The summed E-state index contributed by atoms with van der Waals surface area (Å²) in [6, 6.07) is 5.18. The number of carbonyl (C=O) groups excluding carboxylic acids is 2. The number of halogens is 1. The third-order valence-corrected chi connectivity index (χ3v) is 3.72. The smallest absolute Gasteiger partial charge is 0.251 e. The van der Waals surface area contributed by atoms with Crippen LogP contribution >= 0.6 is 0 Å². The van der Waals surface area contributed by atoms with Gasteiger partial charge in [-0.15, -0.1) is 0 Å². The van der Waals surface area contributed by atoms with Crippen molar-refractivity contribution in [1.82, 2.24) is 15.5 Å². The van der Waals surface area contributed by atoms with Gasteiger partial charge in [0.25, 0.3) is 5.91 Å². The summed E-state index contributed by atoms with van der Waals surface area (Å²) in [6.07, 6.45) is 0. The van der Waals surface area contributed by atoms with E-state index in [0.29, 0.717) is 25.3 Å². The van der Waals surface area contributed by atoms with Crippen molar-refractivity contribution in [3.05, 3.63) is 35.6 Å². The molecule has 2 amide bonds. The summed E-state index contributed by atoms with van der Waals surface area (Å²) >= 11 is 0. The maximum atomic E-state index is 12.8. The van der Waals surface area contributed by atoms with Crippen LogP contribution in [0.2, 0.25) is 0 Å². The molecule has 1 aromatic rings. The van der Waals surface area contributed by atoms with Crippen molar-refractivity contribution in [2.75, 3.05) is 39.4 Å². The van der Waals surface area contributed by atoms with E-state index >= 15 is 0 Å². The number of nitrogens with one attached hydrogen (secondary N) is 2. The maximum absolute atomic E-state index is 12.8. The van der Waals surface area contributed by atoms with Crippen LogP contribution in [0.25, 0.3) is 0 Å². The Balaban J connectivity index is 1.77. The number of hydrogen-bond donors (Lipinski definition) is 2. The normalized spacial score (nSPS) is 15.8. The lowest BCUT2D eigenvalue weighted by Gasteiger charge is -2.35. The third kappa shape index (κ3) is 5.90. The van der Waals surface area contributed by atoms with Crippen LogP contribution in [0, 0.1) is 5.82 Å². The summed E-state index contributed by atoms with van der Waals surface area (Å²) in [5.74, 6) is -1.07. The number of hydrogen-bond acceptors (Lipinski definition) is 4. The van der Waals surface area contributed by atoms with Crippen LogP contribution in [0.5, 0.6) is 0 Å². The number of amides is 2. The molecule has 0 bridgehead atoms. The molecule has 0 aromatic heterocycles. The Labute approximate surface area is 141 Å². The van der Waals surface area contributed by atoms with Crippen LogP contribution in [-0.2, 0) is 9.53 Å². The quantitative estimate of drug-likeness (QED) is 0.805. The topological polar surface area (TPSA) is 70.7 Å². The summed E-state index contributed by atoms with van der Waals surface area (Å²) < 4.78 is 18.1. The molecule has 0 saturated carbocycles. The van der Waals surface area contributed by atoms with Gasteiger partial charge >= 0.3 is 0 Å². The highest BCUT2D eigenvalue weighted by Gasteiger charge is 2.25. The van der Waals surface area contributed by atoms with Gasteiger partial charge in [-0.25, -0.2) is 4.39 Å². The van der Waals surface area contributed by atoms with E-state index in [4.69, 9.17) is 4.74 Å². The molecule has 1 fully saturated rings. The monoisotopic (exact) mass is 337 g/mol. The molecule has 0 spiro atoms. The van der Waals surface area contributed by atoms with E-state index in [-0.39, 0.29) is 12.5 Å². The third-order valence-electron chi connectivity index (χ3n) is 3.72. The number of ether oxygens (including phenoxy) is 1. The van der Waals surface area contributed by atoms with Gasteiger partial charge in [0.1, 0.15) is 5.82 Å². The highest BCUT2D eigenvalue weighted by atomic mass is 19.1.